The van der Waals surface area contributed by atoms with Gasteiger partial charge in [0, 0.05) is 0 Å². The van der Waals surface area contributed by atoms with Gasteiger partial charge in [0.15, 0.2) is 13.2 Å². The molecule has 0 radical (unpaired) electrons. The molecule has 9 nitrogen and oxygen atoms in total. The summed E-state index contributed by atoms with van der Waals surface area (Å²) in [5.41, 5.74) is 0.200. The topological polar surface area (TPSA) is 107 Å². The molecule has 9 heteroatoms. The lowest BCUT2D eigenvalue weighted by Crippen LogP contribution is -2.21. The minimum atomic E-state index is -0.778. The molecule has 0 aliphatic rings. The highest BCUT2D eigenvalue weighted by Gasteiger charge is 2.19. The second-order valence-corrected chi connectivity index (χ2v) is 5.82. The third kappa shape index (κ3) is 5.63. The molecule has 0 aromatic heterocycles. The zero-order chi connectivity index (χ0) is 22.1. The summed E-state index contributed by atoms with van der Waals surface area (Å²) in [5.74, 6) is -0.778. The molecular formula is C21H22O9. The van der Waals surface area contributed by atoms with Gasteiger partial charge < -0.3 is 28.4 Å². The number of methoxy groups -OCH3 is 4. The van der Waals surface area contributed by atoms with Crippen LogP contribution >= 0.6 is 0 Å². The van der Waals surface area contributed by atoms with Gasteiger partial charge in [-0.3, -0.25) is 4.79 Å². The number of benzene rings is 2. The largest absolute Gasteiger partial charge is 0.497 e. The molecule has 0 atom stereocenters. The SMILES string of the molecule is COc1ccc(OC)c(C(=O)OCC(=O)COC(=O)c2cc(OC)ccc2OC)c1. The van der Waals surface area contributed by atoms with Gasteiger partial charge in [0.05, 0.1) is 28.4 Å². The highest BCUT2D eigenvalue weighted by Crippen LogP contribution is 2.25. The molecule has 0 fully saturated rings. The van der Waals surface area contributed by atoms with E-state index in [2.05, 4.69) is 0 Å². The Morgan fingerprint density at radius 3 is 1.37 bits per heavy atom. The fourth-order valence-corrected chi connectivity index (χ4v) is 2.44. The molecule has 0 aliphatic carbocycles. The summed E-state index contributed by atoms with van der Waals surface area (Å²) in [6, 6.07) is 9.18. The van der Waals surface area contributed by atoms with Crippen molar-refractivity contribution in [1.82, 2.24) is 0 Å². The summed E-state index contributed by atoms with van der Waals surface area (Å²) in [5, 5.41) is 0. The summed E-state index contributed by atoms with van der Waals surface area (Å²) in [6.45, 7) is -1.16. The molecule has 2 rings (SSSR count). The van der Waals surface area contributed by atoms with Gasteiger partial charge in [-0.2, -0.15) is 0 Å². The Morgan fingerprint density at radius 2 is 1.03 bits per heavy atom. The lowest BCUT2D eigenvalue weighted by Gasteiger charge is -2.11. The average Bonchev–Trinajstić information content (AvgIpc) is 2.79. The maximum Gasteiger partial charge on any atom is 0.342 e. The molecule has 0 bridgehead atoms. The van der Waals surface area contributed by atoms with Crippen LogP contribution in [-0.4, -0.2) is 59.4 Å². The number of esters is 2. The Balaban J connectivity index is 1.94. The van der Waals surface area contributed by atoms with Crippen LogP contribution in [0, 0.1) is 0 Å². The number of hydrogen-bond donors (Lipinski definition) is 0. The zero-order valence-corrected chi connectivity index (χ0v) is 17.1. The first-order valence-corrected chi connectivity index (χ1v) is 8.73. The number of carbonyl (C=O) groups is 3. The van der Waals surface area contributed by atoms with Crippen LogP contribution in [0.5, 0.6) is 23.0 Å². The van der Waals surface area contributed by atoms with Gasteiger partial charge in [0.25, 0.3) is 0 Å². The van der Waals surface area contributed by atoms with Gasteiger partial charge in [0.1, 0.15) is 34.1 Å². The molecule has 30 heavy (non-hydrogen) atoms. The number of ketones is 1. The van der Waals surface area contributed by atoms with E-state index in [1.165, 1.54) is 40.6 Å². The van der Waals surface area contributed by atoms with Gasteiger partial charge in [-0.1, -0.05) is 0 Å². The van der Waals surface area contributed by atoms with E-state index in [-0.39, 0.29) is 22.6 Å². The molecular weight excluding hydrogens is 396 g/mol. The van der Waals surface area contributed by atoms with Crippen LogP contribution in [0.2, 0.25) is 0 Å². The molecule has 0 aliphatic heterocycles. The van der Waals surface area contributed by atoms with E-state index < -0.39 is 30.9 Å². The molecule has 0 amide bonds. The van der Waals surface area contributed by atoms with Crippen molar-refractivity contribution in [2.24, 2.45) is 0 Å². The Morgan fingerprint density at radius 1 is 0.633 bits per heavy atom. The van der Waals surface area contributed by atoms with Crippen molar-refractivity contribution in [3.63, 3.8) is 0 Å². The fourth-order valence-electron chi connectivity index (χ4n) is 2.44. The molecule has 2 aromatic rings. The number of rotatable bonds is 10. The standard InChI is InChI=1S/C21H22O9/c1-25-14-5-7-18(27-3)16(9-14)20(23)29-11-13(22)12-30-21(24)17-10-15(26-2)6-8-19(17)28-4/h5-10H,11-12H2,1-4H3. The average molecular weight is 418 g/mol. The summed E-state index contributed by atoms with van der Waals surface area (Å²) < 4.78 is 30.3. The van der Waals surface area contributed by atoms with E-state index in [9.17, 15) is 14.4 Å². The quantitative estimate of drug-likeness (QED) is 0.537. The molecule has 0 saturated carbocycles. The Hall–Kier alpha value is -3.75. The predicted octanol–water partition coefficient (Wildman–Crippen LogP) is 2.30. The molecule has 0 unspecified atom stereocenters. The smallest absolute Gasteiger partial charge is 0.342 e. The maximum atomic E-state index is 12.3. The first kappa shape index (κ1) is 22.5. The third-order valence-electron chi connectivity index (χ3n) is 3.98. The van der Waals surface area contributed by atoms with Crippen molar-refractivity contribution in [1.29, 1.82) is 0 Å². The van der Waals surface area contributed by atoms with Crippen molar-refractivity contribution < 1.29 is 42.8 Å². The van der Waals surface area contributed by atoms with Crippen LogP contribution in [0.15, 0.2) is 36.4 Å². The van der Waals surface area contributed by atoms with Gasteiger partial charge in [0.2, 0.25) is 5.78 Å². The predicted molar refractivity (Wildman–Crippen MR) is 105 cm³/mol. The van der Waals surface area contributed by atoms with Crippen LogP contribution in [0.1, 0.15) is 20.7 Å². The van der Waals surface area contributed by atoms with Crippen molar-refractivity contribution in [3.05, 3.63) is 47.5 Å². The van der Waals surface area contributed by atoms with Crippen LogP contribution in [0.3, 0.4) is 0 Å². The highest BCUT2D eigenvalue weighted by atomic mass is 16.6. The molecule has 0 spiro atoms. The first-order valence-electron chi connectivity index (χ1n) is 8.73. The lowest BCUT2D eigenvalue weighted by molar-refractivity contribution is -0.125. The fraction of sp³-hybridized carbons (Fsp3) is 0.286. The van der Waals surface area contributed by atoms with Gasteiger partial charge in [-0.25, -0.2) is 9.59 Å². The third-order valence-corrected chi connectivity index (χ3v) is 3.98. The van der Waals surface area contributed by atoms with E-state index in [1.807, 2.05) is 0 Å². The zero-order valence-electron chi connectivity index (χ0n) is 17.1. The van der Waals surface area contributed by atoms with Crippen LogP contribution in [0.4, 0.5) is 0 Å². The number of hydrogen-bond acceptors (Lipinski definition) is 9. The van der Waals surface area contributed by atoms with Crippen molar-refractivity contribution in [3.8, 4) is 23.0 Å². The Bertz CT molecular complexity index is 847. The van der Waals surface area contributed by atoms with Crippen molar-refractivity contribution in [2.45, 2.75) is 0 Å². The summed E-state index contributed by atoms with van der Waals surface area (Å²) in [4.78, 5) is 36.5. The molecule has 2 aromatic carbocycles. The normalized spacial score (nSPS) is 10.0. The van der Waals surface area contributed by atoms with E-state index >= 15 is 0 Å². The summed E-state index contributed by atoms with van der Waals surface area (Å²) in [6.07, 6.45) is 0. The Kier molecular flexibility index (Phi) is 8.04. The number of ether oxygens (including phenoxy) is 6. The van der Waals surface area contributed by atoms with Gasteiger partial charge in [-0.05, 0) is 36.4 Å². The minimum absolute atomic E-state index is 0.0998. The van der Waals surface area contributed by atoms with E-state index in [0.29, 0.717) is 11.5 Å². The highest BCUT2D eigenvalue weighted by molar-refractivity contribution is 5.96. The number of Topliss-reactive ketones (excluding diaryl/α,β-unsaturated/α-hetero) is 1. The van der Waals surface area contributed by atoms with Crippen LogP contribution in [0.25, 0.3) is 0 Å². The Labute approximate surface area is 173 Å². The van der Waals surface area contributed by atoms with Crippen LogP contribution < -0.4 is 18.9 Å². The van der Waals surface area contributed by atoms with E-state index in [1.54, 1.807) is 24.3 Å². The van der Waals surface area contributed by atoms with Crippen molar-refractivity contribution in [2.75, 3.05) is 41.7 Å². The molecule has 0 heterocycles. The van der Waals surface area contributed by atoms with Gasteiger partial charge >= 0.3 is 11.9 Å². The van der Waals surface area contributed by atoms with Crippen molar-refractivity contribution >= 4 is 17.7 Å². The number of carbonyl (C=O) groups excluding carboxylic acids is 3. The molecule has 0 N–H and O–H groups in total. The molecule has 160 valence electrons. The monoisotopic (exact) mass is 418 g/mol. The van der Waals surface area contributed by atoms with Gasteiger partial charge in [-0.15, -0.1) is 0 Å². The maximum absolute atomic E-state index is 12.3. The molecule has 0 saturated heterocycles. The minimum Gasteiger partial charge on any atom is -0.497 e. The lowest BCUT2D eigenvalue weighted by atomic mass is 10.2. The van der Waals surface area contributed by atoms with E-state index in [4.69, 9.17) is 28.4 Å². The second-order valence-electron chi connectivity index (χ2n) is 5.82. The second kappa shape index (κ2) is 10.7. The first-order chi connectivity index (χ1) is 14.4. The summed E-state index contributed by atoms with van der Waals surface area (Å²) in [7, 11) is 5.70. The van der Waals surface area contributed by atoms with Crippen LogP contribution in [-0.2, 0) is 14.3 Å². The summed E-state index contributed by atoms with van der Waals surface area (Å²) >= 11 is 0. The van der Waals surface area contributed by atoms with E-state index in [0.717, 1.165) is 0 Å².